The van der Waals surface area contributed by atoms with Crippen LogP contribution in [0.4, 0.5) is 0 Å². The van der Waals surface area contributed by atoms with Gasteiger partial charge in [0, 0.05) is 19.0 Å². The highest BCUT2D eigenvalue weighted by molar-refractivity contribution is 5.95. The fraction of sp³-hybridized carbons (Fsp3) is 0.786. The maximum Gasteiger partial charge on any atom is 0.159 e. The molecule has 2 nitrogen and oxygen atoms in total. The second-order valence-electron chi connectivity index (χ2n) is 5.08. The first-order chi connectivity index (χ1) is 7.86. The number of carbonyl (C=O) groups is 1. The molecule has 0 bridgehead atoms. The lowest BCUT2D eigenvalue weighted by Gasteiger charge is -2.10. The molecule has 2 aliphatic carbocycles. The monoisotopic (exact) mass is 221 g/mol. The summed E-state index contributed by atoms with van der Waals surface area (Å²) >= 11 is 0. The molecule has 0 unspecified atom stereocenters. The second kappa shape index (κ2) is 6.19. The molecule has 1 fully saturated rings. The topological polar surface area (TPSA) is 29.1 Å². The smallest absolute Gasteiger partial charge is 0.159 e. The summed E-state index contributed by atoms with van der Waals surface area (Å²) in [6.07, 6.45) is 12.7. The lowest BCUT2D eigenvalue weighted by Crippen LogP contribution is -2.21. The van der Waals surface area contributed by atoms with Crippen LogP contribution in [-0.2, 0) is 4.79 Å². The summed E-state index contributed by atoms with van der Waals surface area (Å²) in [5.41, 5.74) is 1.11. The Morgan fingerprint density at radius 2 is 2.06 bits per heavy atom. The van der Waals surface area contributed by atoms with Crippen molar-refractivity contribution in [2.75, 3.05) is 6.54 Å². The van der Waals surface area contributed by atoms with Gasteiger partial charge in [-0.3, -0.25) is 4.79 Å². The number of nitrogens with one attached hydrogen (secondary N) is 1. The predicted molar refractivity (Wildman–Crippen MR) is 66.4 cm³/mol. The van der Waals surface area contributed by atoms with Crippen LogP contribution in [0.2, 0.25) is 0 Å². The highest BCUT2D eigenvalue weighted by Gasteiger charge is 2.20. The van der Waals surface area contributed by atoms with E-state index in [0.29, 0.717) is 12.2 Å². The third-order valence-corrected chi connectivity index (χ3v) is 3.51. The zero-order valence-corrected chi connectivity index (χ0v) is 10.1. The fourth-order valence-electron chi connectivity index (χ4n) is 2.28. The second-order valence-corrected chi connectivity index (χ2v) is 5.08. The lowest BCUT2D eigenvalue weighted by atomic mass is 9.96. The van der Waals surface area contributed by atoms with E-state index in [1.807, 2.05) is 0 Å². The minimum atomic E-state index is 0.384. The SMILES string of the molecule is O=C(CCNC1CC1)C1=CCCCCCC1. The highest BCUT2D eigenvalue weighted by atomic mass is 16.1. The van der Waals surface area contributed by atoms with Crippen molar-refractivity contribution < 1.29 is 4.79 Å². The van der Waals surface area contributed by atoms with Gasteiger partial charge in [-0.15, -0.1) is 0 Å². The van der Waals surface area contributed by atoms with Gasteiger partial charge in [0.1, 0.15) is 0 Å². The van der Waals surface area contributed by atoms with Crippen LogP contribution >= 0.6 is 0 Å². The van der Waals surface area contributed by atoms with Gasteiger partial charge in [0.05, 0.1) is 0 Å². The first kappa shape index (κ1) is 11.8. The molecular formula is C14H23NO. The van der Waals surface area contributed by atoms with E-state index in [2.05, 4.69) is 11.4 Å². The van der Waals surface area contributed by atoms with Gasteiger partial charge >= 0.3 is 0 Å². The maximum absolute atomic E-state index is 12.0. The quantitative estimate of drug-likeness (QED) is 0.773. The van der Waals surface area contributed by atoms with Crippen molar-refractivity contribution in [2.24, 2.45) is 0 Å². The Kier molecular flexibility index (Phi) is 4.58. The van der Waals surface area contributed by atoms with Crippen molar-refractivity contribution >= 4 is 5.78 Å². The minimum absolute atomic E-state index is 0.384. The Bertz CT molecular complexity index is 266. The van der Waals surface area contributed by atoms with E-state index in [-0.39, 0.29) is 0 Å². The van der Waals surface area contributed by atoms with E-state index in [9.17, 15) is 4.79 Å². The van der Waals surface area contributed by atoms with Crippen LogP contribution in [-0.4, -0.2) is 18.4 Å². The molecule has 90 valence electrons. The number of Topliss-reactive ketones (excluding diaryl/α,β-unsaturated/α-hetero) is 1. The van der Waals surface area contributed by atoms with E-state index >= 15 is 0 Å². The standard InChI is InChI=1S/C14H23NO/c16-14(10-11-15-13-8-9-13)12-6-4-2-1-3-5-7-12/h6,13,15H,1-5,7-11H2. The van der Waals surface area contributed by atoms with Gasteiger partial charge in [-0.1, -0.05) is 18.9 Å². The van der Waals surface area contributed by atoms with E-state index in [1.54, 1.807) is 0 Å². The summed E-state index contributed by atoms with van der Waals surface area (Å²) in [5, 5.41) is 3.41. The zero-order chi connectivity index (χ0) is 11.2. The molecule has 0 aromatic rings. The number of rotatable bonds is 5. The first-order valence-corrected chi connectivity index (χ1v) is 6.82. The van der Waals surface area contributed by atoms with Crippen molar-refractivity contribution in [1.82, 2.24) is 5.32 Å². The Morgan fingerprint density at radius 3 is 2.88 bits per heavy atom. The summed E-state index contributed by atoms with van der Waals surface area (Å²) < 4.78 is 0. The van der Waals surface area contributed by atoms with E-state index in [0.717, 1.165) is 31.0 Å². The zero-order valence-electron chi connectivity index (χ0n) is 10.1. The normalized spacial score (nSPS) is 22.1. The maximum atomic E-state index is 12.0. The molecule has 1 N–H and O–H groups in total. The molecule has 0 aliphatic heterocycles. The van der Waals surface area contributed by atoms with Crippen LogP contribution in [0.3, 0.4) is 0 Å². The average molecular weight is 221 g/mol. The molecule has 2 heteroatoms. The number of ketones is 1. The third-order valence-electron chi connectivity index (χ3n) is 3.51. The molecule has 16 heavy (non-hydrogen) atoms. The number of carbonyl (C=O) groups excluding carboxylic acids is 1. The van der Waals surface area contributed by atoms with Crippen LogP contribution in [0.15, 0.2) is 11.6 Å². The Balaban J connectivity index is 1.72. The number of hydrogen-bond donors (Lipinski definition) is 1. The number of allylic oxidation sites excluding steroid dienone is 2. The largest absolute Gasteiger partial charge is 0.314 e. The van der Waals surface area contributed by atoms with Crippen LogP contribution in [0, 0.1) is 0 Å². The Labute approximate surface area is 98.5 Å². The fourth-order valence-corrected chi connectivity index (χ4v) is 2.28. The van der Waals surface area contributed by atoms with Crippen LogP contribution in [0.1, 0.15) is 57.8 Å². The molecule has 2 rings (SSSR count). The Morgan fingerprint density at radius 1 is 1.25 bits per heavy atom. The number of hydrogen-bond acceptors (Lipinski definition) is 2. The molecule has 0 aromatic carbocycles. The molecule has 0 spiro atoms. The summed E-state index contributed by atoms with van der Waals surface area (Å²) in [7, 11) is 0. The van der Waals surface area contributed by atoms with Crippen molar-refractivity contribution in [3.05, 3.63) is 11.6 Å². The predicted octanol–water partition coefficient (Wildman–Crippen LogP) is 2.98. The highest BCUT2D eigenvalue weighted by Crippen LogP contribution is 2.20. The lowest BCUT2D eigenvalue weighted by molar-refractivity contribution is -0.115. The summed E-state index contributed by atoms with van der Waals surface area (Å²) in [6.45, 7) is 0.876. The molecule has 0 aromatic heterocycles. The molecule has 1 saturated carbocycles. The molecule has 0 heterocycles. The van der Waals surface area contributed by atoms with Crippen molar-refractivity contribution in [2.45, 2.75) is 63.8 Å². The van der Waals surface area contributed by atoms with Crippen LogP contribution in [0.25, 0.3) is 0 Å². The minimum Gasteiger partial charge on any atom is -0.314 e. The molecule has 0 radical (unpaired) electrons. The van der Waals surface area contributed by atoms with Crippen molar-refractivity contribution in [1.29, 1.82) is 0 Å². The van der Waals surface area contributed by atoms with Gasteiger partial charge in [0.25, 0.3) is 0 Å². The van der Waals surface area contributed by atoms with Crippen LogP contribution < -0.4 is 5.32 Å². The molecule has 2 aliphatic rings. The third kappa shape index (κ3) is 4.09. The van der Waals surface area contributed by atoms with Crippen molar-refractivity contribution in [3.8, 4) is 0 Å². The van der Waals surface area contributed by atoms with E-state index in [4.69, 9.17) is 0 Å². The van der Waals surface area contributed by atoms with Gasteiger partial charge in [-0.25, -0.2) is 0 Å². The van der Waals surface area contributed by atoms with Crippen LogP contribution in [0.5, 0.6) is 0 Å². The van der Waals surface area contributed by atoms with E-state index in [1.165, 1.54) is 38.5 Å². The molecule has 0 atom stereocenters. The molecule has 0 saturated heterocycles. The van der Waals surface area contributed by atoms with Gasteiger partial charge in [-0.2, -0.15) is 0 Å². The molecular weight excluding hydrogens is 198 g/mol. The van der Waals surface area contributed by atoms with Gasteiger partial charge in [0.2, 0.25) is 0 Å². The van der Waals surface area contributed by atoms with E-state index < -0.39 is 0 Å². The average Bonchev–Trinajstić information content (AvgIpc) is 3.00. The summed E-state index contributed by atoms with van der Waals surface area (Å²) in [4.78, 5) is 12.0. The Hall–Kier alpha value is -0.630. The summed E-state index contributed by atoms with van der Waals surface area (Å²) in [6, 6.07) is 0.721. The van der Waals surface area contributed by atoms with Gasteiger partial charge in [0.15, 0.2) is 5.78 Å². The first-order valence-electron chi connectivity index (χ1n) is 6.82. The van der Waals surface area contributed by atoms with Crippen molar-refractivity contribution in [3.63, 3.8) is 0 Å². The van der Waals surface area contributed by atoms with Gasteiger partial charge < -0.3 is 5.32 Å². The summed E-state index contributed by atoms with van der Waals surface area (Å²) in [5.74, 6) is 0.384. The molecule has 0 amide bonds. The van der Waals surface area contributed by atoms with Gasteiger partial charge in [-0.05, 0) is 44.1 Å².